The van der Waals surface area contributed by atoms with E-state index in [4.69, 9.17) is 23.2 Å². The highest BCUT2D eigenvalue weighted by atomic mass is 35.5. The minimum absolute atomic E-state index is 0.0216. The molecule has 8 nitrogen and oxygen atoms in total. The largest absolute Gasteiger partial charge is 0.289 e. The van der Waals surface area contributed by atoms with Crippen LogP contribution in [0, 0.1) is 10.1 Å². The highest BCUT2D eigenvalue weighted by Gasteiger charge is 2.13. The molecule has 0 saturated carbocycles. The molecule has 136 valence electrons. The molecule has 2 N–H and O–H groups in total. The Morgan fingerprint density at radius 2 is 1.93 bits per heavy atom. The maximum atomic E-state index is 12.1. The van der Waals surface area contributed by atoms with Crippen molar-refractivity contribution >= 4 is 41.0 Å². The predicted molar refractivity (Wildman–Crippen MR) is 102 cm³/mol. The van der Waals surface area contributed by atoms with Crippen LogP contribution in [0.2, 0.25) is 10.0 Å². The number of aromatic nitrogens is 2. The minimum atomic E-state index is -0.596. The van der Waals surface area contributed by atoms with Crippen molar-refractivity contribution in [2.75, 3.05) is 0 Å². The third-order valence-electron chi connectivity index (χ3n) is 3.51. The first-order valence-electron chi connectivity index (χ1n) is 7.53. The number of hydrogen-bond donors (Lipinski definition) is 2. The molecule has 0 aliphatic carbocycles. The number of halogens is 2. The number of rotatable bonds is 5. The number of hydrazone groups is 1. The van der Waals surface area contributed by atoms with Gasteiger partial charge in [-0.15, -0.1) is 0 Å². The van der Waals surface area contributed by atoms with E-state index < -0.39 is 10.8 Å². The predicted octanol–water partition coefficient (Wildman–Crippen LogP) is 4.06. The molecule has 2 aromatic carbocycles. The molecule has 3 rings (SSSR count). The molecular formula is C17H11Cl2N5O3. The Bertz CT molecular complexity index is 1030. The van der Waals surface area contributed by atoms with Crippen LogP contribution in [0.1, 0.15) is 16.1 Å². The normalized spacial score (nSPS) is 10.9. The Labute approximate surface area is 163 Å². The molecule has 0 aliphatic heterocycles. The summed E-state index contributed by atoms with van der Waals surface area (Å²) in [6.07, 6.45) is 1.28. The molecule has 0 atom stereocenters. The van der Waals surface area contributed by atoms with Crippen LogP contribution in [-0.2, 0) is 0 Å². The first-order chi connectivity index (χ1) is 12.9. The van der Waals surface area contributed by atoms with Crippen LogP contribution in [0.4, 0.5) is 5.69 Å². The average Bonchev–Trinajstić information content (AvgIpc) is 3.13. The van der Waals surface area contributed by atoms with Crippen LogP contribution < -0.4 is 5.43 Å². The summed E-state index contributed by atoms with van der Waals surface area (Å²) in [6.45, 7) is 0. The van der Waals surface area contributed by atoms with Gasteiger partial charge in [-0.1, -0.05) is 41.4 Å². The van der Waals surface area contributed by atoms with Gasteiger partial charge in [0.15, 0.2) is 0 Å². The fourth-order valence-electron chi connectivity index (χ4n) is 2.18. The van der Waals surface area contributed by atoms with Crippen molar-refractivity contribution in [1.29, 1.82) is 0 Å². The summed E-state index contributed by atoms with van der Waals surface area (Å²) in [5.41, 5.74) is 4.08. The SMILES string of the molecule is O=C(N/N=C/c1ccc(Cl)c([N+](=O)[O-])c1)c1cc(-c2ccc(Cl)cc2)n[nH]1. The Morgan fingerprint density at radius 1 is 1.19 bits per heavy atom. The van der Waals surface area contributed by atoms with E-state index >= 15 is 0 Å². The second-order valence-corrected chi connectivity index (χ2v) is 6.18. The van der Waals surface area contributed by atoms with Gasteiger partial charge >= 0.3 is 0 Å². The van der Waals surface area contributed by atoms with E-state index in [1.165, 1.54) is 18.3 Å². The summed E-state index contributed by atoms with van der Waals surface area (Å²) < 4.78 is 0. The van der Waals surface area contributed by atoms with Gasteiger partial charge in [-0.3, -0.25) is 20.0 Å². The van der Waals surface area contributed by atoms with Crippen LogP contribution in [0.5, 0.6) is 0 Å². The highest BCUT2D eigenvalue weighted by Crippen LogP contribution is 2.24. The van der Waals surface area contributed by atoms with Gasteiger partial charge in [0, 0.05) is 22.2 Å². The molecule has 0 aliphatic rings. The zero-order chi connectivity index (χ0) is 19.4. The summed E-state index contributed by atoms with van der Waals surface area (Å²) in [6, 6.07) is 12.8. The molecule has 0 fully saturated rings. The number of amides is 1. The van der Waals surface area contributed by atoms with Gasteiger partial charge in [0.25, 0.3) is 11.6 Å². The molecule has 1 heterocycles. The lowest BCUT2D eigenvalue weighted by atomic mass is 10.1. The van der Waals surface area contributed by atoms with Crippen LogP contribution in [-0.4, -0.2) is 27.2 Å². The third-order valence-corrected chi connectivity index (χ3v) is 4.08. The highest BCUT2D eigenvalue weighted by molar-refractivity contribution is 6.32. The van der Waals surface area contributed by atoms with E-state index in [1.807, 2.05) is 0 Å². The van der Waals surface area contributed by atoms with Crippen LogP contribution >= 0.6 is 23.2 Å². The van der Waals surface area contributed by atoms with Crippen LogP contribution in [0.3, 0.4) is 0 Å². The molecule has 3 aromatic rings. The summed E-state index contributed by atoms with van der Waals surface area (Å²) in [7, 11) is 0. The van der Waals surface area contributed by atoms with E-state index in [-0.39, 0.29) is 16.4 Å². The molecule has 27 heavy (non-hydrogen) atoms. The number of H-pyrrole nitrogens is 1. The molecule has 0 saturated heterocycles. The second kappa shape index (κ2) is 7.98. The second-order valence-electron chi connectivity index (χ2n) is 5.34. The lowest BCUT2D eigenvalue weighted by Gasteiger charge is -1.98. The maximum Gasteiger partial charge on any atom is 0.289 e. The number of aromatic amines is 1. The molecule has 0 bridgehead atoms. The number of carbonyl (C=O) groups is 1. The van der Waals surface area contributed by atoms with E-state index in [0.717, 1.165) is 5.56 Å². The van der Waals surface area contributed by atoms with Gasteiger partial charge in [-0.25, -0.2) is 5.43 Å². The zero-order valence-electron chi connectivity index (χ0n) is 13.5. The van der Waals surface area contributed by atoms with Gasteiger partial charge in [0.2, 0.25) is 0 Å². The number of benzene rings is 2. The number of nitro groups is 1. The van der Waals surface area contributed by atoms with Gasteiger partial charge in [0.1, 0.15) is 10.7 Å². The Hall–Kier alpha value is -3.23. The maximum absolute atomic E-state index is 12.1. The molecule has 0 radical (unpaired) electrons. The van der Waals surface area contributed by atoms with Crippen molar-refractivity contribution in [3.05, 3.63) is 79.9 Å². The Morgan fingerprint density at radius 3 is 2.63 bits per heavy atom. The molecule has 1 amide bonds. The number of carbonyl (C=O) groups excluding carboxylic acids is 1. The van der Waals surface area contributed by atoms with Crippen molar-refractivity contribution in [3.63, 3.8) is 0 Å². The van der Waals surface area contributed by atoms with Crippen molar-refractivity contribution in [1.82, 2.24) is 15.6 Å². The number of hydrogen-bond acceptors (Lipinski definition) is 5. The monoisotopic (exact) mass is 403 g/mol. The van der Waals surface area contributed by atoms with Crippen molar-refractivity contribution < 1.29 is 9.72 Å². The molecule has 0 spiro atoms. The molecule has 0 unspecified atom stereocenters. The zero-order valence-corrected chi connectivity index (χ0v) is 15.0. The summed E-state index contributed by atoms with van der Waals surface area (Å²) >= 11 is 11.6. The van der Waals surface area contributed by atoms with E-state index in [1.54, 1.807) is 36.4 Å². The van der Waals surface area contributed by atoms with E-state index in [9.17, 15) is 14.9 Å². The van der Waals surface area contributed by atoms with Gasteiger partial charge < -0.3 is 0 Å². The first-order valence-corrected chi connectivity index (χ1v) is 8.28. The van der Waals surface area contributed by atoms with E-state index in [2.05, 4.69) is 20.7 Å². The van der Waals surface area contributed by atoms with Crippen molar-refractivity contribution in [3.8, 4) is 11.3 Å². The van der Waals surface area contributed by atoms with Gasteiger partial charge in [-0.2, -0.15) is 10.2 Å². The Kier molecular flexibility index (Phi) is 5.49. The number of nitro benzene ring substituents is 1. The van der Waals surface area contributed by atoms with Crippen LogP contribution in [0.15, 0.2) is 53.6 Å². The fraction of sp³-hybridized carbons (Fsp3) is 0. The van der Waals surface area contributed by atoms with Gasteiger partial charge in [-0.05, 0) is 24.3 Å². The Balaban J connectivity index is 1.68. The standard InChI is InChI=1S/C17H11Cl2N5O3/c18-12-4-2-11(3-5-12)14-8-15(22-21-14)17(25)23-20-9-10-1-6-13(19)16(7-10)24(26)27/h1-9H,(H,21,22)(H,23,25)/b20-9+. The lowest BCUT2D eigenvalue weighted by Crippen LogP contribution is -2.18. The average molecular weight is 404 g/mol. The fourth-order valence-corrected chi connectivity index (χ4v) is 2.49. The number of nitrogens with zero attached hydrogens (tertiary/aromatic N) is 3. The number of nitrogens with one attached hydrogen (secondary N) is 2. The van der Waals surface area contributed by atoms with Crippen molar-refractivity contribution in [2.24, 2.45) is 5.10 Å². The van der Waals surface area contributed by atoms with Crippen molar-refractivity contribution in [2.45, 2.75) is 0 Å². The minimum Gasteiger partial charge on any atom is -0.272 e. The smallest absolute Gasteiger partial charge is 0.272 e. The molecular weight excluding hydrogens is 393 g/mol. The summed E-state index contributed by atoms with van der Waals surface area (Å²) in [5, 5.41) is 22.0. The quantitative estimate of drug-likeness (QED) is 0.379. The first kappa shape index (κ1) is 18.6. The summed E-state index contributed by atoms with van der Waals surface area (Å²) in [4.78, 5) is 22.4. The molecule has 10 heteroatoms. The summed E-state index contributed by atoms with van der Waals surface area (Å²) in [5.74, 6) is -0.512. The van der Waals surface area contributed by atoms with Crippen LogP contribution in [0.25, 0.3) is 11.3 Å². The topological polar surface area (TPSA) is 113 Å². The lowest BCUT2D eigenvalue weighted by molar-refractivity contribution is -0.384. The molecule has 1 aromatic heterocycles. The van der Waals surface area contributed by atoms with Gasteiger partial charge in [0.05, 0.1) is 16.8 Å². The van der Waals surface area contributed by atoms with E-state index in [0.29, 0.717) is 16.3 Å². The third kappa shape index (κ3) is 4.49.